The highest BCUT2D eigenvalue weighted by Crippen LogP contribution is 2.22. The smallest absolute Gasteiger partial charge is 0.239 e. The number of nitrogens with one attached hydrogen (secondary N) is 1. The number of nitrogens with zero attached hydrogens (tertiary/aromatic N) is 2. The van der Waals surface area contributed by atoms with E-state index in [1.165, 1.54) is 0 Å². The third-order valence-corrected chi connectivity index (χ3v) is 4.73. The minimum atomic E-state index is -0.0941. The Bertz CT molecular complexity index is 554. The molecule has 0 saturated carbocycles. The summed E-state index contributed by atoms with van der Waals surface area (Å²) in [6.07, 6.45) is 0.924. The monoisotopic (exact) mass is 391 g/mol. The first-order valence-corrected chi connectivity index (χ1v) is 8.15. The molecule has 6 nitrogen and oxygen atoms in total. The molecule has 25 heavy (non-hydrogen) atoms. The Morgan fingerprint density at radius 1 is 1.16 bits per heavy atom. The average Bonchev–Trinajstić information content (AvgIpc) is 3.10. The number of carbonyl (C=O) groups is 1. The maximum Gasteiger partial charge on any atom is 0.239 e. The van der Waals surface area contributed by atoms with E-state index in [0.29, 0.717) is 0 Å². The normalized spacial score (nSPS) is 22.8. The van der Waals surface area contributed by atoms with Gasteiger partial charge in [-0.05, 0) is 18.6 Å². The van der Waals surface area contributed by atoms with Gasteiger partial charge in [-0.2, -0.15) is 0 Å². The van der Waals surface area contributed by atoms with E-state index >= 15 is 0 Å². The number of methoxy groups -OCH3 is 2. The van der Waals surface area contributed by atoms with Gasteiger partial charge in [0.05, 0.1) is 19.3 Å². The molecule has 1 amide bonds. The number of halogens is 2. The lowest BCUT2D eigenvalue weighted by Gasteiger charge is -2.37. The van der Waals surface area contributed by atoms with E-state index in [1.54, 1.807) is 14.2 Å². The zero-order valence-corrected chi connectivity index (χ0v) is 16.3. The Kier molecular flexibility index (Phi) is 8.79. The maximum atomic E-state index is 12.6. The van der Waals surface area contributed by atoms with Gasteiger partial charge in [-0.1, -0.05) is 6.07 Å². The van der Waals surface area contributed by atoms with Gasteiger partial charge >= 0.3 is 0 Å². The number of carbonyl (C=O) groups excluding carboxylic acids is 1. The van der Waals surface area contributed by atoms with Crippen LogP contribution < -0.4 is 15.0 Å². The van der Waals surface area contributed by atoms with Gasteiger partial charge in [-0.15, -0.1) is 24.8 Å². The molecule has 1 N–H and O–H groups in total. The Balaban J connectivity index is 0.00000156. The molecule has 1 aromatic carbocycles. The molecule has 2 heterocycles. The summed E-state index contributed by atoms with van der Waals surface area (Å²) in [7, 11) is 3.38. The zero-order chi connectivity index (χ0) is 16.2. The second-order valence-corrected chi connectivity index (χ2v) is 6.07. The van der Waals surface area contributed by atoms with Crippen LogP contribution in [0.15, 0.2) is 24.3 Å². The summed E-state index contributed by atoms with van der Waals surface area (Å²) < 4.78 is 10.6. The van der Waals surface area contributed by atoms with Crippen molar-refractivity contribution in [2.24, 2.45) is 0 Å². The predicted octanol–water partition coefficient (Wildman–Crippen LogP) is 1.56. The van der Waals surface area contributed by atoms with Crippen LogP contribution in [0.25, 0.3) is 0 Å². The van der Waals surface area contributed by atoms with Crippen molar-refractivity contribution in [3.63, 3.8) is 0 Å². The van der Waals surface area contributed by atoms with E-state index in [2.05, 4.69) is 16.3 Å². The van der Waals surface area contributed by atoms with Crippen molar-refractivity contribution in [2.75, 3.05) is 51.8 Å². The van der Waals surface area contributed by atoms with Gasteiger partial charge in [0.2, 0.25) is 5.91 Å². The summed E-state index contributed by atoms with van der Waals surface area (Å²) in [6, 6.07) is 7.98. The van der Waals surface area contributed by atoms with Crippen LogP contribution in [0.1, 0.15) is 6.42 Å². The molecule has 0 aliphatic carbocycles. The highest BCUT2D eigenvalue weighted by Gasteiger charge is 2.33. The second-order valence-electron chi connectivity index (χ2n) is 6.07. The molecule has 2 aliphatic rings. The number of benzene rings is 1. The minimum absolute atomic E-state index is 0. The summed E-state index contributed by atoms with van der Waals surface area (Å²) in [5.41, 5.74) is 1.15. The number of piperazine rings is 1. The highest BCUT2D eigenvalue weighted by atomic mass is 35.5. The van der Waals surface area contributed by atoms with E-state index < -0.39 is 0 Å². The molecule has 2 atom stereocenters. The van der Waals surface area contributed by atoms with Crippen molar-refractivity contribution in [1.29, 1.82) is 0 Å². The van der Waals surface area contributed by atoms with Crippen molar-refractivity contribution in [3.8, 4) is 5.75 Å². The molecular weight excluding hydrogens is 365 g/mol. The van der Waals surface area contributed by atoms with Crippen molar-refractivity contribution in [1.82, 2.24) is 10.2 Å². The minimum Gasteiger partial charge on any atom is -0.497 e. The van der Waals surface area contributed by atoms with E-state index in [-0.39, 0.29) is 42.9 Å². The number of rotatable bonds is 4. The van der Waals surface area contributed by atoms with Gasteiger partial charge in [-0.3, -0.25) is 4.79 Å². The van der Waals surface area contributed by atoms with Crippen LogP contribution in [-0.4, -0.2) is 69.9 Å². The summed E-state index contributed by atoms with van der Waals surface area (Å²) in [6.45, 7) is 3.97. The summed E-state index contributed by atoms with van der Waals surface area (Å²) in [5.74, 6) is 1.07. The summed E-state index contributed by atoms with van der Waals surface area (Å²) >= 11 is 0. The largest absolute Gasteiger partial charge is 0.497 e. The molecular formula is C17H27Cl2N3O3. The Hall–Kier alpha value is -1.21. The molecule has 0 bridgehead atoms. The lowest BCUT2D eigenvalue weighted by atomic mass is 10.1. The van der Waals surface area contributed by atoms with Crippen molar-refractivity contribution in [3.05, 3.63) is 24.3 Å². The van der Waals surface area contributed by atoms with Crippen LogP contribution >= 0.6 is 24.8 Å². The fraction of sp³-hybridized carbons (Fsp3) is 0.588. The topological polar surface area (TPSA) is 54.0 Å². The number of ether oxygens (including phenoxy) is 2. The van der Waals surface area contributed by atoms with Crippen molar-refractivity contribution < 1.29 is 14.3 Å². The van der Waals surface area contributed by atoms with Gasteiger partial charge in [0, 0.05) is 51.6 Å². The molecule has 0 aromatic heterocycles. The first kappa shape index (κ1) is 21.8. The Morgan fingerprint density at radius 3 is 2.48 bits per heavy atom. The first-order valence-electron chi connectivity index (χ1n) is 8.15. The van der Waals surface area contributed by atoms with Crippen LogP contribution in [0, 0.1) is 0 Å². The number of anilines is 1. The maximum absolute atomic E-state index is 12.6. The molecule has 2 aliphatic heterocycles. The SMILES string of the molecule is COc1cccc(N2CCN(C(=O)[C@@H]3C[C@H](OC)CN3)CC2)c1.Cl.Cl. The zero-order valence-electron chi connectivity index (χ0n) is 14.6. The molecule has 2 saturated heterocycles. The number of hydrogen-bond acceptors (Lipinski definition) is 5. The molecule has 8 heteroatoms. The number of hydrogen-bond donors (Lipinski definition) is 1. The standard InChI is InChI=1S/C17H25N3O3.2ClH/c1-22-14-5-3-4-13(10-14)19-6-8-20(9-7-19)17(21)16-11-15(23-2)12-18-16;;/h3-5,10,15-16,18H,6-9,11-12H2,1-2H3;2*1H/t15-,16-;;/m0../s1. The third-order valence-electron chi connectivity index (χ3n) is 4.73. The lowest BCUT2D eigenvalue weighted by Crippen LogP contribution is -2.53. The average molecular weight is 392 g/mol. The van der Waals surface area contributed by atoms with E-state index in [1.807, 2.05) is 23.1 Å². The van der Waals surface area contributed by atoms with E-state index in [9.17, 15) is 4.79 Å². The molecule has 1 aromatic rings. The fourth-order valence-electron chi connectivity index (χ4n) is 3.28. The molecule has 142 valence electrons. The third kappa shape index (κ3) is 5.14. The van der Waals surface area contributed by atoms with Crippen molar-refractivity contribution in [2.45, 2.75) is 18.6 Å². The second kappa shape index (κ2) is 10.1. The Labute approximate surface area is 161 Å². The van der Waals surface area contributed by atoms with Gasteiger partial charge < -0.3 is 24.6 Å². The quantitative estimate of drug-likeness (QED) is 0.843. The van der Waals surface area contributed by atoms with Crippen molar-refractivity contribution >= 4 is 36.4 Å². The fourth-order valence-corrected chi connectivity index (χ4v) is 3.28. The number of amides is 1. The highest BCUT2D eigenvalue weighted by molar-refractivity contribution is 5.85. The lowest BCUT2D eigenvalue weighted by molar-refractivity contribution is -0.133. The van der Waals surface area contributed by atoms with Crippen LogP contribution in [0.4, 0.5) is 5.69 Å². The predicted molar refractivity (Wildman–Crippen MR) is 103 cm³/mol. The summed E-state index contributed by atoms with van der Waals surface area (Å²) in [5, 5.41) is 3.27. The van der Waals surface area contributed by atoms with Crippen LogP contribution in [0.5, 0.6) is 5.75 Å². The van der Waals surface area contributed by atoms with Gasteiger partial charge in [0.15, 0.2) is 0 Å². The summed E-state index contributed by atoms with van der Waals surface area (Å²) in [4.78, 5) is 16.8. The first-order chi connectivity index (χ1) is 11.2. The van der Waals surface area contributed by atoms with Gasteiger partial charge in [0.1, 0.15) is 5.75 Å². The van der Waals surface area contributed by atoms with Crippen LogP contribution in [-0.2, 0) is 9.53 Å². The van der Waals surface area contributed by atoms with E-state index in [4.69, 9.17) is 9.47 Å². The molecule has 0 unspecified atom stereocenters. The molecule has 2 fully saturated rings. The Morgan fingerprint density at radius 2 is 1.88 bits per heavy atom. The van der Waals surface area contributed by atoms with Gasteiger partial charge in [-0.25, -0.2) is 0 Å². The van der Waals surface area contributed by atoms with Crippen LogP contribution in [0.2, 0.25) is 0 Å². The molecule has 3 rings (SSSR count). The van der Waals surface area contributed by atoms with E-state index in [0.717, 1.165) is 50.6 Å². The molecule has 0 radical (unpaired) electrons. The van der Waals surface area contributed by atoms with Gasteiger partial charge in [0.25, 0.3) is 0 Å². The van der Waals surface area contributed by atoms with Crippen LogP contribution in [0.3, 0.4) is 0 Å². The molecule has 0 spiro atoms.